The molecule has 8 rings (SSSR count). The Labute approximate surface area is 323 Å². The highest BCUT2D eigenvalue weighted by Gasteiger charge is 2.30. The van der Waals surface area contributed by atoms with Crippen LogP contribution in [-0.4, -0.2) is 107 Å². The third-order valence-electron chi connectivity index (χ3n) is 11.0. The zero-order chi connectivity index (χ0) is 37.9. The average molecular weight is 767 g/mol. The van der Waals surface area contributed by atoms with Crippen molar-refractivity contribution in [2.45, 2.75) is 69.2 Å². The molecule has 4 aliphatic rings. The number of carbonyl (C=O) groups is 3. The first-order chi connectivity index (χ1) is 26.8. The topological polar surface area (TPSA) is 171 Å². The molecule has 4 amide bonds. The van der Waals surface area contributed by atoms with E-state index in [2.05, 4.69) is 41.4 Å². The van der Waals surface area contributed by atoms with Gasteiger partial charge in [0.1, 0.15) is 11.8 Å². The summed E-state index contributed by atoms with van der Waals surface area (Å²) in [5.41, 5.74) is 2.46. The highest BCUT2D eigenvalue weighted by atomic mass is 35.5. The fourth-order valence-corrected chi connectivity index (χ4v) is 8.31. The highest BCUT2D eigenvalue weighted by Crippen LogP contribution is 2.33. The van der Waals surface area contributed by atoms with Gasteiger partial charge in [0, 0.05) is 63.2 Å². The van der Waals surface area contributed by atoms with Gasteiger partial charge < -0.3 is 24.6 Å². The minimum atomic E-state index is -0.397. The Bertz CT molecular complexity index is 2090. The summed E-state index contributed by atoms with van der Waals surface area (Å²) in [6.45, 7) is 4.94. The number of fused-ring (bicyclic) bond motifs is 1. The van der Waals surface area contributed by atoms with Crippen molar-refractivity contribution < 1.29 is 23.9 Å². The van der Waals surface area contributed by atoms with Crippen LogP contribution in [0.4, 0.5) is 16.3 Å². The third-order valence-corrected chi connectivity index (χ3v) is 11.4. The van der Waals surface area contributed by atoms with E-state index in [1.165, 1.54) is 0 Å². The number of nitriles is 1. The number of nitrogens with zero attached hydrogens (tertiary/aromatic N) is 8. The first-order valence-electron chi connectivity index (χ1n) is 19.0. The minimum Gasteiger partial charge on any atom is -0.490 e. The number of anilines is 2. The van der Waals surface area contributed by atoms with Crippen LogP contribution in [0.5, 0.6) is 5.75 Å². The fourth-order valence-electron chi connectivity index (χ4n) is 8.10. The van der Waals surface area contributed by atoms with Gasteiger partial charge in [0.15, 0.2) is 11.5 Å². The summed E-state index contributed by atoms with van der Waals surface area (Å²) < 4.78 is 14.3. The number of rotatable bonds is 9. The van der Waals surface area contributed by atoms with Gasteiger partial charge in [0.05, 0.1) is 52.8 Å². The quantitative estimate of drug-likeness (QED) is 0.247. The summed E-state index contributed by atoms with van der Waals surface area (Å²) in [6, 6.07) is 16.5. The summed E-state index contributed by atoms with van der Waals surface area (Å²) in [6.07, 6.45) is 7.16. The molecule has 5 heterocycles. The van der Waals surface area contributed by atoms with Gasteiger partial charge in [-0.25, -0.2) is 4.79 Å². The number of ether oxygens (including phenoxy) is 2. The molecule has 1 aliphatic carbocycles. The van der Waals surface area contributed by atoms with E-state index in [-0.39, 0.29) is 48.2 Å². The highest BCUT2D eigenvalue weighted by molar-refractivity contribution is 6.31. The smallest absolute Gasteiger partial charge is 0.328 e. The number of carbonyl (C=O) groups excluding carboxylic acids is 3. The predicted molar refractivity (Wildman–Crippen MR) is 204 cm³/mol. The third kappa shape index (κ3) is 8.22. The first kappa shape index (κ1) is 36.7. The Morgan fingerprint density at radius 3 is 2.60 bits per heavy atom. The van der Waals surface area contributed by atoms with Crippen LogP contribution in [0.15, 0.2) is 54.7 Å². The summed E-state index contributed by atoms with van der Waals surface area (Å²) in [5, 5.41) is 29.4. The molecule has 1 atom stereocenters. The van der Waals surface area contributed by atoms with Crippen LogP contribution in [0.25, 0.3) is 10.9 Å². The van der Waals surface area contributed by atoms with Crippen molar-refractivity contribution >= 4 is 51.9 Å². The van der Waals surface area contributed by atoms with E-state index in [1.54, 1.807) is 29.2 Å². The average Bonchev–Trinajstić information content (AvgIpc) is 3.64. The Balaban J connectivity index is 0.791. The number of nitrogens with one attached hydrogen (secondary N) is 2. The molecule has 2 N–H and O–H groups in total. The van der Waals surface area contributed by atoms with E-state index in [9.17, 15) is 14.4 Å². The number of morpholine rings is 1. The van der Waals surface area contributed by atoms with Crippen molar-refractivity contribution in [1.82, 2.24) is 35.5 Å². The Morgan fingerprint density at radius 1 is 1.02 bits per heavy atom. The number of amides is 4. The Hall–Kier alpha value is -5.30. The maximum atomic E-state index is 13.1. The Kier molecular flexibility index (Phi) is 10.8. The van der Waals surface area contributed by atoms with Gasteiger partial charge in [0.2, 0.25) is 5.91 Å². The van der Waals surface area contributed by atoms with Crippen LogP contribution < -0.4 is 25.2 Å². The number of imide groups is 1. The summed E-state index contributed by atoms with van der Waals surface area (Å²) >= 11 is 6.15. The molecule has 2 aromatic carbocycles. The second-order valence-corrected chi connectivity index (χ2v) is 15.0. The predicted octanol–water partition coefficient (Wildman–Crippen LogP) is 4.46. The van der Waals surface area contributed by atoms with E-state index in [0.29, 0.717) is 42.6 Å². The molecule has 15 nitrogen and oxygen atoms in total. The summed E-state index contributed by atoms with van der Waals surface area (Å²) in [7, 11) is 0. The zero-order valence-corrected chi connectivity index (χ0v) is 31.2. The van der Waals surface area contributed by atoms with E-state index in [0.717, 1.165) is 80.6 Å². The lowest BCUT2D eigenvalue weighted by atomic mass is 9.93. The zero-order valence-electron chi connectivity index (χ0n) is 30.4. The van der Waals surface area contributed by atoms with Gasteiger partial charge >= 0.3 is 6.03 Å². The number of benzene rings is 2. The number of hydrogen-bond acceptors (Lipinski definition) is 11. The molecule has 16 heteroatoms. The fraction of sp³-hybridized carbons (Fsp3) is 0.462. The molecule has 3 saturated heterocycles. The number of urea groups is 1. The van der Waals surface area contributed by atoms with E-state index >= 15 is 0 Å². The number of piperidine rings is 1. The van der Waals surface area contributed by atoms with Crippen LogP contribution in [0.1, 0.15) is 67.0 Å². The molecule has 0 spiro atoms. The molecular weight excluding hydrogens is 724 g/mol. The molecule has 3 aliphatic heterocycles. The van der Waals surface area contributed by atoms with Crippen molar-refractivity contribution in [3.05, 3.63) is 71.0 Å². The molecule has 286 valence electrons. The van der Waals surface area contributed by atoms with Crippen molar-refractivity contribution in [3.63, 3.8) is 0 Å². The molecule has 0 unspecified atom stereocenters. The van der Waals surface area contributed by atoms with Gasteiger partial charge in [-0.3, -0.25) is 24.5 Å². The number of likely N-dealkylation sites (tertiary alicyclic amines) is 1. The maximum Gasteiger partial charge on any atom is 0.328 e. The molecule has 0 radical (unpaired) electrons. The molecule has 4 aromatic rings. The maximum absolute atomic E-state index is 13.1. The molecule has 55 heavy (non-hydrogen) atoms. The van der Waals surface area contributed by atoms with Crippen LogP contribution in [0.2, 0.25) is 5.02 Å². The van der Waals surface area contributed by atoms with Gasteiger partial charge in [0.25, 0.3) is 5.91 Å². The standard InChI is InChI=1S/C39H43ClN10O5/c40-32-20-29(7-4-25(32)21-41)55-28-8-5-26(6-9-28)43-38(52)33-10-11-36(46-45-33)48-18-19-54-30(24-48)23-47-15-12-27(13-16-47)50-35-3-1-2-34(31(35)22-42-50)49-17-14-37(51)44-39(49)53/h1-4,7,10-11,20,22,26-28,30H,5-6,8-9,12-19,23-24H2,(H,43,52)(H,44,51,53)/t26?,28?,30-/m0/s1. The number of halogens is 1. The largest absolute Gasteiger partial charge is 0.490 e. The first-order valence-corrected chi connectivity index (χ1v) is 19.4. The van der Waals surface area contributed by atoms with Crippen molar-refractivity contribution in [2.24, 2.45) is 0 Å². The van der Waals surface area contributed by atoms with Gasteiger partial charge in [-0.15, -0.1) is 10.2 Å². The van der Waals surface area contributed by atoms with E-state index in [1.807, 2.05) is 30.5 Å². The van der Waals surface area contributed by atoms with Gasteiger partial charge in [-0.2, -0.15) is 10.4 Å². The summed E-state index contributed by atoms with van der Waals surface area (Å²) in [5.74, 6) is 0.880. The molecule has 4 fully saturated rings. The summed E-state index contributed by atoms with van der Waals surface area (Å²) in [4.78, 5) is 43.5. The van der Waals surface area contributed by atoms with E-state index < -0.39 is 6.03 Å². The van der Waals surface area contributed by atoms with Crippen LogP contribution in [-0.2, 0) is 9.53 Å². The van der Waals surface area contributed by atoms with Gasteiger partial charge in [-0.1, -0.05) is 17.7 Å². The molecule has 2 aromatic heterocycles. The second kappa shape index (κ2) is 16.2. The minimum absolute atomic E-state index is 0.0127. The molecule has 1 saturated carbocycles. The number of hydrogen-bond donors (Lipinski definition) is 2. The Morgan fingerprint density at radius 2 is 1.85 bits per heavy atom. The lowest BCUT2D eigenvalue weighted by Crippen LogP contribution is -2.49. The SMILES string of the molecule is N#Cc1ccc(OC2CCC(NC(=O)c3ccc(N4CCO[C@@H](CN5CCC(n6ncc7c(N8CCC(=O)NC8=O)cccc76)CC5)C4)nn3)CC2)cc1Cl. The van der Waals surface area contributed by atoms with Gasteiger partial charge in [-0.05, 0) is 74.9 Å². The molecular formula is C39H43ClN10O5. The lowest BCUT2D eigenvalue weighted by Gasteiger charge is -2.38. The second-order valence-electron chi connectivity index (χ2n) is 14.6. The van der Waals surface area contributed by atoms with Crippen molar-refractivity contribution in [3.8, 4) is 11.8 Å². The monoisotopic (exact) mass is 766 g/mol. The van der Waals surface area contributed by atoms with Crippen molar-refractivity contribution in [1.29, 1.82) is 5.26 Å². The van der Waals surface area contributed by atoms with Crippen LogP contribution in [0.3, 0.4) is 0 Å². The normalized spacial score (nSPS) is 22.7. The number of aromatic nitrogens is 4. The van der Waals surface area contributed by atoms with Crippen molar-refractivity contribution in [2.75, 3.05) is 55.7 Å². The van der Waals surface area contributed by atoms with E-state index in [4.69, 9.17) is 31.4 Å². The van der Waals surface area contributed by atoms with Crippen LogP contribution in [0, 0.1) is 11.3 Å². The van der Waals surface area contributed by atoms with Crippen LogP contribution >= 0.6 is 11.6 Å². The lowest BCUT2D eigenvalue weighted by molar-refractivity contribution is -0.120. The molecule has 0 bridgehead atoms.